The Morgan fingerprint density at radius 1 is 0.733 bits per heavy atom. The maximum Gasteiger partial charge on any atom is 0.320 e. The van der Waals surface area contributed by atoms with Gasteiger partial charge in [-0.3, -0.25) is 14.9 Å². The first-order valence-electron chi connectivity index (χ1n) is 12.1. The van der Waals surface area contributed by atoms with Crippen LogP contribution in [-0.2, 0) is 9.59 Å². The third kappa shape index (κ3) is 17.5. The van der Waals surface area contributed by atoms with Crippen molar-refractivity contribution >= 4 is 11.9 Å². The zero-order valence-electron chi connectivity index (χ0n) is 19.1. The number of hydrogen-bond donors (Lipinski definition) is 4. The average molecular weight is 427 g/mol. The fourth-order valence-corrected chi connectivity index (χ4v) is 3.53. The molecule has 0 bridgehead atoms. The Morgan fingerprint density at radius 2 is 1.17 bits per heavy atom. The van der Waals surface area contributed by atoms with E-state index in [0.29, 0.717) is 25.8 Å². The van der Waals surface area contributed by atoms with Crippen molar-refractivity contribution in [3.8, 4) is 0 Å². The third-order valence-corrected chi connectivity index (χ3v) is 5.45. The van der Waals surface area contributed by atoms with Crippen LogP contribution in [0.5, 0.6) is 0 Å². The second kappa shape index (κ2) is 20.9. The van der Waals surface area contributed by atoms with Crippen LogP contribution in [0.2, 0.25) is 0 Å². The van der Waals surface area contributed by atoms with E-state index < -0.39 is 24.0 Å². The summed E-state index contributed by atoms with van der Waals surface area (Å²) in [6.07, 6.45) is 21.1. The minimum atomic E-state index is -0.994. The Kier molecular flexibility index (Phi) is 19.9. The van der Waals surface area contributed by atoms with E-state index in [-0.39, 0.29) is 0 Å². The lowest BCUT2D eigenvalue weighted by Crippen LogP contribution is -2.47. The first-order chi connectivity index (χ1) is 14.5. The lowest BCUT2D eigenvalue weighted by atomic mass is 10.0. The van der Waals surface area contributed by atoms with Gasteiger partial charge in [0.25, 0.3) is 0 Å². The summed E-state index contributed by atoms with van der Waals surface area (Å²) in [4.78, 5) is 22.8. The topological polar surface area (TPSA) is 113 Å². The molecule has 0 aromatic heterocycles. The Bertz CT molecular complexity index is 454. The van der Waals surface area contributed by atoms with Gasteiger partial charge in [0.05, 0.1) is 0 Å². The second-order valence-corrected chi connectivity index (χ2v) is 8.25. The summed E-state index contributed by atoms with van der Waals surface area (Å²) >= 11 is 0. The number of unbranched alkanes of at least 4 members (excludes halogenated alkanes) is 11. The molecule has 0 rings (SSSR count). The highest BCUT2D eigenvalue weighted by atomic mass is 16.4. The molecule has 1 unspecified atom stereocenters. The van der Waals surface area contributed by atoms with Crippen molar-refractivity contribution in [3.63, 3.8) is 0 Å². The van der Waals surface area contributed by atoms with Crippen molar-refractivity contribution in [1.29, 1.82) is 0 Å². The summed E-state index contributed by atoms with van der Waals surface area (Å²) in [5.74, 6) is -1.97. The monoisotopic (exact) mass is 426 g/mol. The first-order valence-corrected chi connectivity index (χ1v) is 12.1. The maximum atomic E-state index is 11.5. The normalized spacial score (nSPS) is 13.5. The van der Waals surface area contributed by atoms with Gasteiger partial charge in [0.1, 0.15) is 12.1 Å². The van der Waals surface area contributed by atoms with Crippen LogP contribution in [0.25, 0.3) is 0 Å². The molecule has 176 valence electrons. The standard InChI is InChI=1S/C24H46N2O4/c1-2-3-4-5-6-7-8-9-10-11-12-13-14-15-18-21(23(27)28)26-22(24(29)30)19-16-17-20-25/h9-10,21-22,26H,2-8,11-20,25H2,1H3,(H,27,28)(H,29,30)/b10-9+/t21?,22-/m0/s1. The van der Waals surface area contributed by atoms with Crippen LogP contribution in [-0.4, -0.2) is 40.8 Å². The molecule has 0 saturated carbocycles. The van der Waals surface area contributed by atoms with E-state index in [1.54, 1.807) is 0 Å². The largest absolute Gasteiger partial charge is 0.480 e. The lowest BCUT2D eigenvalue weighted by Gasteiger charge is -2.20. The van der Waals surface area contributed by atoms with E-state index in [0.717, 1.165) is 38.5 Å². The molecule has 0 saturated heterocycles. The van der Waals surface area contributed by atoms with Gasteiger partial charge in [-0.2, -0.15) is 0 Å². The van der Waals surface area contributed by atoms with Crippen molar-refractivity contribution < 1.29 is 19.8 Å². The number of carboxylic acids is 2. The Morgan fingerprint density at radius 3 is 1.63 bits per heavy atom. The highest BCUT2D eigenvalue weighted by molar-refractivity contribution is 5.77. The van der Waals surface area contributed by atoms with E-state index in [9.17, 15) is 19.8 Å². The highest BCUT2D eigenvalue weighted by Gasteiger charge is 2.25. The minimum Gasteiger partial charge on any atom is -0.480 e. The van der Waals surface area contributed by atoms with Gasteiger partial charge in [-0.1, -0.05) is 76.9 Å². The van der Waals surface area contributed by atoms with Crippen LogP contribution < -0.4 is 11.1 Å². The molecule has 6 nitrogen and oxygen atoms in total. The number of allylic oxidation sites excluding steroid dienone is 2. The summed E-state index contributed by atoms with van der Waals surface area (Å²) in [6.45, 7) is 2.76. The van der Waals surface area contributed by atoms with Gasteiger partial charge in [0, 0.05) is 0 Å². The molecule has 0 spiro atoms. The Balaban J connectivity index is 3.84. The number of aliphatic carboxylic acids is 2. The third-order valence-electron chi connectivity index (χ3n) is 5.45. The van der Waals surface area contributed by atoms with Crippen molar-refractivity contribution in [2.24, 2.45) is 5.73 Å². The molecule has 0 aliphatic rings. The lowest BCUT2D eigenvalue weighted by molar-refractivity contribution is -0.142. The summed E-state index contributed by atoms with van der Waals surface area (Å²) in [5, 5.41) is 21.5. The Hall–Kier alpha value is -1.40. The number of nitrogens with two attached hydrogens (primary N) is 1. The molecule has 0 aromatic rings. The number of nitrogens with one attached hydrogen (secondary N) is 1. The highest BCUT2D eigenvalue weighted by Crippen LogP contribution is 2.11. The van der Waals surface area contributed by atoms with Crippen molar-refractivity contribution in [1.82, 2.24) is 5.32 Å². The molecule has 0 fully saturated rings. The van der Waals surface area contributed by atoms with Gasteiger partial charge >= 0.3 is 11.9 Å². The van der Waals surface area contributed by atoms with Crippen LogP contribution in [0.3, 0.4) is 0 Å². The van der Waals surface area contributed by atoms with Gasteiger partial charge < -0.3 is 15.9 Å². The van der Waals surface area contributed by atoms with Gasteiger partial charge in [0.2, 0.25) is 0 Å². The molecule has 0 aliphatic carbocycles. The minimum absolute atomic E-state index is 0.404. The van der Waals surface area contributed by atoms with Crippen LogP contribution in [0.1, 0.15) is 110 Å². The molecular weight excluding hydrogens is 380 g/mol. The van der Waals surface area contributed by atoms with Crippen LogP contribution in [0.4, 0.5) is 0 Å². The van der Waals surface area contributed by atoms with Gasteiger partial charge in [-0.15, -0.1) is 0 Å². The molecule has 5 N–H and O–H groups in total. The van der Waals surface area contributed by atoms with Crippen LogP contribution >= 0.6 is 0 Å². The van der Waals surface area contributed by atoms with Crippen molar-refractivity contribution in [2.45, 2.75) is 122 Å². The number of carbonyl (C=O) groups is 2. The molecule has 6 heteroatoms. The zero-order chi connectivity index (χ0) is 22.5. The van der Waals surface area contributed by atoms with E-state index in [1.165, 1.54) is 44.9 Å². The summed E-state index contributed by atoms with van der Waals surface area (Å²) in [5.41, 5.74) is 5.44. The summed E-state index contributed by atoms with van der Waals surface area (Å²) in [7, 11) is 0. The van der Waals surface area contributed by atoms with Gasteiger partial charge in [-0.05, 0) is 51.5 Å². The van der Waals surface area contributed by atoms with Gasteiger partial charge in [-0.25, -0.2) is 0 Å². The molecule has 0 aromatic carbocycles. The van der Waals surface area contributed by atoms with Gasteiger partial charge in [0.15, 0.2) is 0 Å². The quantitative estimate of drug-likeness (QED) is 0.139. The first kappa shape index (κ1) is 28.6. The smallest absolute Gasteiger partial charge is 0.320 e. The van der Waals surface area contributed by atoms with Crippen LogP contribution in [0.15, 0.2) is 12.2 Å². The number of rotatable bonds is 22. The molecule has 0 aliphatic heterocycles. The molecule has 2 atom stereocenters. The number of carboxylic acid groups (broad SMARTS) is 2. The SMILES string of the molecule is CCCCCCCC/C=C/CCCCCCC(N[C@@H](CCCCN)C(=O)O)C(=O)O. The number of hydrogen-bond acceptors (Lipinski definition) is 4. The van der Waals surface area contributed by atoms with E-state index in [1.807, 2.05) is 0 Å². The predicted molar refractivity (Wildman–Crippen MR) is 124 cm³/mol. The molecule has 30 heavy (non-hydrogen) atoms. The van der Waals surface area contributed by atoms with Crippen molar-refractivity contribution in [2.75, 3.05) is 6.54 Å². The fourth-order valence-electron chi connectivity index (χ4n) is 3.53. The van der Waals surface area contributed by atoms with Crippen molar-refractivity contribution in [3.05, 3.63) is 12.2 Å². The van der Waals surface area contributed by atoms with E-state index in [4.69, 9.17) is 5.73 Å². The Labute approximate surface area is 183 Å². The van der Waals surface area contributed by atoms with Crippen LogP contribution in [0, 0.1) is 0 Å². The van der Waals surface area contributed by atoms with E-state index in [2.05, 4.69) is 24.4 Å². The molecule has 0 heterocycles. The maximum absolute atomic E-state index is 11.5. The molecule has 0 amide bonds. The molecule has 0 radical (unpaired) electrons. The second-order valence-electron chi connectivity index (χ2n) is 8.25. The molecular formula is C24H46N2O4. The summed E-state index contributed by atoms with van der Waals surface area (Å²) < 4.78 is 0. The zero-order valence-corrected chi connectivity index (χ0v) is 19.1. The fraction of sp³-hybridized carbons (Fsp3) is 0.833. The predicted octanol–water partition coefficient (Wildman–Crippen LogP) is 5.26. The van der Waals surface area contributed by atoms with E-state index >= 15 is 0 Å². The summed E-state index contributed by atoms with van der Waals surface area (Å²) in [6, 6.07) is -1.63. The average Bonchev–Trinajstić information content (AvgIpc) is 2.71.